The van der Waals surface area contributed by atoms with Crippen LogP contribution in [0, 0.1) is 0 Å². The van der Waals surface area contributed by atoms with Crippen molar-refractivity contribution in [1.29, 1.82) is 0 Å². The number of ether oxygens (including phenoxy) is 1. The molecule has 5 nitrogen and oxygen atoms in total. The van der Waals surface area contributed by atoms with Crippen molar-refractivity contribution < 1.29 is 4.74 Å². The SMILES string of the molecule is c1ccc(COc2cccc(CNCc3ccc(Cn4cccn4)cc3)c2)nc1. The van der Waals surface area contributed by atoms with Gasteiger partial charge in [-0.25, -0.2) is 0 Å². The summed E-state index contributed by atoms with van der Waals surface area (Å²) in [6.07, 6.45) is 5.56. The largest absolute Gasteiger partial charge is 0.487 e. The van der Waals surface area contributed by atoms with Crippen LogP contribution in [-0.2, 0) is 26.2 Å². The zero-order valence-corrected chi connectivity index (χ0v) is 16.2. The molecule has 4 aromatic rings. The molecule has 0 amide bonds. The molecule has 0 aliphatic carbocycles. The fraction of sp³-hybridized carbons (Fsp3) is 0.167. The van der Waals surface area contributed by atoms with Gasteiger partial charge in [-0.15, -0.1) is 0 Å². The zero-order valence-electron chi connectivity index (χ0n) is 16.2. The van der Waals surface area contributed by atoms with Crippen molar-refractivity contribution in [3.8, 4) is 5.75 Å². The molecule has 146 valence electrons. The fourth-order valence-electron chi connectivity index (χ4n) is 3.08. The maximum Gasteiger partial charge on any atom is 0.130 e. The first kappa shape index (κ1) is 18.9. The number of rotatable bonds is 9. The van der Waals surface area contributed by atoms with Gasteiger partial charge in [-0.2, -0.15) is 5.10 Å². The van der Waals surface area contributed by atoms with Gasteiger partial charge in [0.1, 0.15) is 12.4 Å². The molecule has 0 bridgehead atoms. The molecule has 2 aromatic heterocycles. The first-order chi connectivity index (χ1) is 14.3. The van der Waals surface area contributed by atoms with E-state index < -0.39 is 0 Å². The number of nitrogens with zero attached hydrogens (tertiary/aromatic N) is 3. The minimum atomic E-state index is 0.475. The lowest BCUT2D eigenvalue weighted by molar-refractivity contribution is 0.301. The van der Waals surface area contributed by atoms with Gasteiger partial charge in [0.25, 0.3) is 0 Å². The molecule has 0 aliphatic heterocycles. The average molecular weight is 384 g/mol. The summed E-state index contributed by atoms with van der Waals surface area (Å²) in [4.78, 5) is 4.28. The topological polar surface area (TPSA) is 52.0 Å². The van der Waals surface area contributed by atoms with Gasteiger partial charge in [-0.3, -0.25) is 9.67 Å². The molecule has 2 heterocycles. The molecule has 0 aliphatic rings. The molecule has 0 saturated heterocycles. The van der Waals surface area contributed by atoms with Crippen molar-refractivity contribution in [3.63, 3.8) is 0 Å². The van der Waals surface area contributed by atoms with Crippen molar-refractivity contribution >= 4 is 0 Å². The van der Waals surface area contributed by atoms with Crippen LogP contribution in [0.25, 0.3) is 0 Å². The van der Waals surface area contributed by atoms with Crippen molar-refractivity contribution in [3.05, 3.63) is 114 Å². The zero-order chi connectivity index (χ0) is 19.7. The standard InChI is InChI=1S/C24H24N4O/c1-2-12-26-23(6-1)19-29-24-7-3-5-22(15-24)17-25-16-20-8-10-21(11-9-20)18-28-14-4-13-27-28/h1-15,25H,16-19H2. The first-order valence-corrected chi connectivity index (χ1v) is 9.73. The monoisotopic (exact) mass is 384 g/mol. The third-order valence-corrected chi connectivity index (χ3v) is 4.60. The molecule has 29 heavy (non-hydrogen) atoms. The summed E-state index contributed by atoms with van der Waals surface area (Å²) < 4.78 is 7.78. The van der Waals surface area contributed by atoms with Gasteiger partial charge in [0.05, 0.1) is 12.2 Å². The highest BCUT2D eigenvalue weighted by molar-refractivity contribution is 5.29. The van der Waals surface area contributed by atoms with Gasteiger partial charge < -0.3 is 10.1 Å². The Labute approximate surface area is 171 Å². The van der Waals surface area contributed by atoms with Gasteiger partial charge >= 0.3 is 0 Å². The van der Waals surface area contributed by atoms with Gasteiger partial charge in [-0.1, -0.05) is 42.5 Å². The molecule has 0 unspecified atom stereocenters. The lowest BCUT2D eigenvalue weighted by Gasteiger charge is -2.09. The maximum atomic E-state index is 5.86. The van der Waals surface area contributed by atoms with E-state index in [-0.39, 0.29) is 0 Å². The van der Waals surface area contributed by atoms with Crippen molar-refractivity contribution in [2.75, 3.05) is 0 Å². The van der Waals surface area contributed by atoms with Gasteiger partial charge in [-0.05, 0) is 47.0 Å². The smallest absolute Gasteiger partial charge is 0.130 e. The lowest BCUT2D eigenvalue weighted by atomic mass is 10.1. The van der Waals surface area contributed by atoms with E-state index in [4.69, 9.17) is 4.74 Å². The summed E-state index contributed by atoms with van der Waals surface area (Å²) in [7, 11) is 0. The van der Waals surface area contributed by atoms with Gasteiger partial charge in [0.15, 0.2) is 0 Å². The predicted octanol–water partition coefficient (Wildman–Crippen LogP) is 4.20. The quantitative estimate of drug-likeness (QED) is 0.470. The number of pyridine rings is 1. The Hall–Kier alpha value is -3.44. The number of hydrogen-bond donors (Lipinski definition) is 1. The first-order valence-electron chi connectivity index (χ1n) is 9.73. The summed E-state index contributed by atoms with van der Waals surface area (Å²) in [5.41, 5.74) is 4.62. The highest BCUT2D eigenvalue weighted by atomic mass is 16.5. The summed E-state index contributed by atoms with van der Waals surface area (Å²) >= 11 is 0. The summed E-state index contributed by atoms with van der Waals surface area (Å²) in [5.74, 6) is 0.859. The van der Waals surface area contributed by atoms with Crippen LogP contribution in [0.4, 0.5) is 0 Å². The van der Waals surface area contributed by atoms with E-state index in [0.717, 1.165) is 31.1 Å². The molecule has 0 saturated carbocycles. The number of hydrogen-bond acceptors (Lipinski definition) is 4. The van der Waals surface area contributed by atoms with Crippen molar-refractivity contribution in [2.24, 2.45) is 0 Å². The lowest BCUT2D eigenvalue weighted by Crippen LogP contribution is -2.12. The minimum absolute atomic E-state index is 0.475. The molecule has 0 spiro atoms. The Bertz CT molecular complexity index is 999. The van der Waals surface area contributed by atoms with Crippen LogP contribution >= 0.6 is 0 Å². The van der Waals surface area contributed by atoms with E-state index in [1.165, 1.54) is 16.7 Å². The number of benzene rings is 2. The molecular formula is C24H24N4O. The Kier molecular flexibility index (Phi) is 6.30. The second-order valence-corrected chi connectivity index (χ2v) is 6.88. The Morgan fingerprint density at radius 2 is 1.66 bits per heavy atom. The minimum Gasteiger partial charge on any atom is -0.487 e. The molecule has 0 radical (unpaired) electrons. The normalized spacial score (nSPS) is 10.8. The van der Waals surface area contributed by atoms with Gasteiger partial charge in [0, 0.05) is 31.7 Å². The molecule has 4 rings (SSSR count). The van der Waals surface area contributed by atoms with Crippen molar-refractivity contribution in [2.45, 2.75) is 26.2 Å². The Morgan fingerprint density at radius 1 is 0.793 bits per heavy atom. The third kappa shape index (κ3) is 5.77. The second-order valence-electron chi connectivity index (χ2n) is 6.88. The van der Waals surface area contributed by atoms with E-state index in [9.17, 15) is 0 Å². The Balaban J connectivity index is 1.25. The van der Waals surface area contributed by atoms with E-state index in [0.29, 0.717) is 6.61 Å². The van der Waals surface area contributed by atoms with Crippen molar-refractivity contribution in [1.82, 2.24) is 20.1 Å². The molecule has 2 aromatic carbocycles. The van der Waals surface area contributed by atoms with Crippen LogP contribution in [-0.4, -0.2) is 14.8 Å². The Morgan fingerprint density at radius 3 is 2.45 bits per heavy atom. The fourth-order valence-corrected chi connectivity index (χ4v) is 3.08. The van der Waals surface area contributed by atoms with E-state index in [1.807, 2.05) is 47.3 Å². The molecule has 0 atom stereocenters. The number of aromatic nitrogens is 3. The average Bonchev–Trinajstić information content (AvgIpc) is 3.28. The van der Waals surface area contributed by atoms with Crippen LogP contribution in [0.3, 0.4) is 0 Å². The highest BCUT2D eigenvalue weighted by Gasteiger charge is 2.01. The summed E-state index contributed by atoms with van der Waals surface area (Å²) in [5, 5.41) is 7.74. The molecular weight excluding hydrogens is 360 g/mol. The van der Waals surface area contributed by atoms with E-state index in [2.05, 4.69) is 51.8 Å². The summed E-state index contributed by atoms with van der Waals surface area (Å²) in [6.45, 7) is 2.88. The number of nitrogens with one attached hydrogen (secondary N) is 1. The maximum absolute atomic E-state index is 5.86. The predicted molar refractivity (Wildman–Crippen MR) is 113 cm³/mol. The molecule has 5 heteroatoms. The van der Waals surface area contributed by atoms with Crippen LogP contribution < -0.4 is 10.1 Å². The third-order valence-electron chi connectivity index (χ3n) is 4.60. The van der Waals surface area contributed by atoms with E-state index in [1.54, 1.807) is 12.4 Å². The summed E-state index contributed by atoms with van der Waals surface area (Å²) in [6, 6.07) is 24.6. The second kappa shape index (κ2) is 9.66. The van der Waals surface area contributed by atoms with E-state index >= 15 is 0 Å². The van der Waals surface area contributed by atoms with Crippen LogP contribution in [0.5, 0.6) is 5.75 Å². The van der Waals surface area contributed by atoms with Crippen LogP contribution in [0.1, 0.15) is 22.4 Å². The molecule has 1 N–H and O–H groups in total. The molecule has 0 fully saturated rings. The van der Waals surface area contributed by atoms with Crippen LogP contribution in [0.15, 0.2) is 91.4 Å². The highest BCUT2D eigenvalue weighted by Crippen LogP contribution is 2.15. The van der Waals surface area contributed by atoms with Crippen LogP contribution in [0.2, 0.25) is 0 Å². The van der Waals surface area contributed by atoms with Gasteiger partial charge in [0.2, 0.25) is 0 Å².